The van der Waals surface area contributed by atoms with Crippen LogP contribution in [-0.2, 0) is 16.1 Å². The van der Waals surface area contributed by atoms with Crippen molar-refractivity contribution in [2.75, 3.05) is 0 Å². The number of carbonyl (C=O) groups excluding carboxylic acids is 2. The van der Waals surface area contributed by atoms with Crippen LogP contribution in [-0.4, -0.2) is 17.5 Å². The summed E-state index contributed by atoms with van der Waals surface area (Å²) < 4.78 is 0. The quantitative estimate of drug-likeness (QED) is 0.839. The zero-order valence-corrected chi connectivity index (χ0v) is 10.3. The van der Waals surface area contributed by atoms with Gasteiger partial charge < -0.3 is 5.32 Å². The van der Waals surface area contributed by atoms with Crippen LogP contribution in [0.1, 0.15) is 22.6 Å². The normalized spacial score (nSPS) is 15.1. The van der Waals surface area contributed by atoms with Crippen molar-refractivity contribution < 1.29 is 9.59 Å². The Bertz CT molecular complexity index is 479. The summed E-state index contributed by atoms with van der Waals surface area (Å²) in [6, 6.07) is 4.01. The van der Waals surface area contributed by atoms with Crippen LogP contribution in [0.5, 0.6) is 0 Å². The Morgan fingerprint density at radius 3 is 2.94 bits per heavy atom. The number of nitrogens with zero attached hydrogens (tertiary/aromatic N) is 1. The molecule has 2 heterocycles. The largest absolute Gasteiger partial charge is 0.346 e. The van der Waals surface area contributed by atoms with Gasteiger partial charge in [-0.3, -0.25) is 9.59 Å². The molecule has 1 aliphatic heterocycles. The number of hydrazone groups is 1. The molecule has 90 valence electrons. The maximum absolute atomic E-state index is 11.7. The Labute approximate surface area is 103 Å². The number of hydrogen-bond donors (Lipinski definition) is 2. The van der Waals surface area contributed by atoms with Crippen molar-refractivity contribution in [1.29, 1.82) is 0 Å². The van der Waals surface area contributed by atoms with Gasteiger partial charge in [-0.05, 0) is 19.1 Å². The lowest BCUT2D eigenvalue weighted by Gasteiger charge is -2.11. The van der Waals surface area contributed by atoms with Gasteiger partial charge in [-0.15, -0.1) is 11.3 Å². The summed E-state index contributed by atoms with van der Waals surface area (Å²) in [6.45, 7) is 2.53. The van der Waals surface area contributed by atoms with Crippen LogP contribution in [0.3, 0.4) is 0 Å². The molecule has 17 heavy (non-hydrogen) atoms. The minimum atomic E-state index is -0.212. The summed E-state index contributed by atoms with van der Waals surface area (Å²) in [4.78, 5) is 24.9. The van der Waals surface area contributed by atoms with E-state index in [1.807, 2.05) is 19.1 Å². The van der Waals surface area contributed by atoms with E-state index in [-0.39, 0.29) is 11.8 Å². The zero-order valence-electron chi connectivity index (χ0n) is 9.45. The lowest BCUT2D eigenvalue weighted by molar-refractivity contribution is -0.121. The number of thiophene rings is 1. The second-order valence-corrected chi connectivity index (χ2v) is 5.16. The van der Waals surface area contributed by atoms with Crippen molar-refractivity contribution in [2.24, 2.45) is 5.10 Å². The lowest BCUT2D eigenvalue weighted by Crippen LogP contribution is -2.36. The lowest BCUT2D eigenvalue weighted by atomic mass is 10.1. The van der Waals surface area contributed by atoms with Gasteiger partial charge in [0.15, 0.2) is 0 Å². The molecule has 0 fully saturated rings. The van der Waals surface area contributed by atoms with Gasteiger partial charge in [-0.25, -0.2) is 5.43 Å². The van der Waals surface area contributed by atoms with E-state index in [0.29, 0.717) is 25.1 Å². The standard InChI is InChI=1S/C11H13N3O2S/c1-7-2-3-8(17-7)6-12-11(16)9-4-5-10(15)14-13-9/h2-3H,4-6H2,1H3,(H,12,16)(H,14,15). The fourth-order valence-electron chi connectivity index (χ4n) is 1.49. The summed E-state index contributed by atoms with van der Waals surface area (Å²) in [5.41, 5.74) is 2.69. The smallest absolute Gasteiger partial charge is 0.267 e. The maximum atomic E-state index is 11.7. The Balaban J connectivity index is 1.87. The van der Waals surface area contributed by atoms with E-state index in [4.69, 9.17) is 0 Å². The molecule has 0 radical (unpaired) electrons. The molecule has 2 N–H and O–H groups in total. The SMILES string of the molecule is Cc1ccc(CNC(=O)C2=NNC(=O)CC2)s1. The van der Waals surface area contributed by atoms with E-state index in [2.05, 4.69) is 15.8 Å². The molecule has 1 aliphatic rings. The minimum absolute atomic E-state index is 0.143. The summed E-state index contributed by atoms with van der Waals surface area (Å²) in [5.74, 6) is -0.355. The third-order valence-corrected chi connectivity index (χ3v) is 3.39. The molecule has 0 saturated heterocycles. The second kappa shape index (κ2) is 5.09. The first-order chi connectivity index (χ1) is 8.15. The predicted molar refractivity (Wildman–Crippen MR) is 65.7 cm³/mol. The number of hydrogen-bond acceptors (Lipinski definition) is 4. The highest BCUT2D eigenvalue weighted by Gasteiger charge is 2.17. The Hall–Kier alpha value is -1.69. The number of nitrogens with one attached hydrogen (secondary N) is 2. The molecule has 0 bridgehead atoms. The monoisotopic (exact) mass is 251 g/mol. The molecule has 2 amide bonds. The summed E-state index contributed by atoms with van der Waals surface area (Å²) >= 11 is 1.65. The van der Waals surface area contributed by atoms with Crippen molar-refractivity contribution in [3.8, 4) is 0 Å². The molecule has 0 aromatic carbocycles. The number of rotatable bonds is 3. The Kier molecular flexibility index (Phi) is 3.53. The van der Waals surface area contributed by atoms with Gasteiger partial charge in [0.1, 0.15) is 5.71 Å². The van der Waals surface area contributed by atoms with Crippen molar-refractivity contribution >= 4 is 28.9 Å². The van der Waals surface area contributed by atoms with Crippen molar-refractivity contribution in [3.63, 3.8) is 0 Å². The molecule has 1 aromatic heterocycles. The van der Waals surface area contributed by atoms with Crippen LogP contribution in [0.15, 0.2) is 17.2 Å². The molecule has 0 aliphatic carbocycles. The van der Waals surface area contributed by atoms with Crippen molar-refractivity contribution in [3.05, 3.63) is 21.9 Å². The van der Waals surface area contributed by atoms with Crippen molar-refractivity contribution in [2.45, 2.75) is 26.3 Å². The van der Waals surface area contributed by atoms with Crippen LogP contribution < -0.4 is 10.7 Å². The molecule has 2 rings (SSSR count). The van der Waals surface area contributed by atoms with Crippen LogP contribution in [0, 0.1) is 6.92 Å². The average molecular weight is 251 g/mol. The third-order valence-electron chi connectivity index (χ3n) is 2.39. The zero-order chi connectivity index (χ0) is 12.3. The van der Waals surface area contributed by atoms with Gasteiger partial charge in [0, 0.05) is 22.6 Å². The molecule has 0 unspecified atom stereocenters. The van der Waals surface area contributed by atoms with E-state index in [1.54, 1.807) is 11.3 Å². The van der Waals surface area contributed by atoms with E-state index < -0.39 is 0 Å². The first kappa shape index (κ1) is 11.8. The van der Waals surface area contributed by atoms with E-state index in [0.717, 1.165) is 4.88 Å². The van der Waals surface area contributed by atoms with Gasteiger partial charge in [-0.1, -0.05) is 0 Å². The Morgan fingerprint density at radius 2 is 2.35 bits per heavy atom. The molecule has 6 heteroatoms. The first-order valence-electron chi connectivity index (χ1n) is 5.34. The van der Waals surface area contributed by atoms with Gasteiger partial charge in [0.05, 0.1) is 6.54 Å². The summed E-state index contributed by atoms with van der Waals surface area (Å²) in [6.07, 6.45) is 0.728. The molecular weight excluding hydrogens is 238 g/mol. The topological polar surface area (TPSA) is 70.6 Å². The molecule has 0 saturated carbocycles. The van der Waals surface area contributed by atoms with Crippen LogP contribution in [0.2, 0.25) is 0 Å². The molecular formula is C11H13N3O2S. The van der Waals surface area contributed by atoms with E-state index in [1.165, 1.54) is 4.88 Å². The fraction of sp³-hybridized carbons (Fsp3) is 0.364. The van der Waals surface area contributed by atoms with E-state index >= 15 is 0 Å². The van der Waals surface area contributed by atoms with Gasteiger partial charge in [0.2, 0.25) is 5.91 Å². The highest BCUT2D eigenvalue weighted by molar-refractivity contribution is 7.11. The number of amides is 2. The summed E-state index contributed by atoms with van der Waals surface area (Å²) in [7, 11) is 0. The van der Waals surface area contributed by atoms with Crippen LogP contribution in [0.25, 0.3) is 0 Å². The molecule has 1 aromatic rings. The maximum Gasteiger partial charge on any atom is 0.267 e. The first-order valence-corrected chi connectivity index (χ1v) is 6.16. The third kappa shape index (κ3) is 3.13. The second-order valence-electron chi connectivity index (χ2n) is 3.79. The summed E-state index contributed by atoms with van der Waals surface area (Å²) in [5, 5.41) is 6.52. The molecule has 5 nitrogen and oxygen atoms in total. The minimum Gasteiger partial charge on any atom is -0.346 e. The van der Waals surface area contributed by atoms with Crippen LogP contribution >= 0.6 is 11.3 Å². The van der Waals surface area contributed by atoms with Gasteiger partial charge in [0.25, 0.3) is 5.91 Å². The number of carbonyl (C=O) groups is 2. The number of aryl methyl sites for hydroxylation is 1. The molecule has 0 spiro atoms. The Morgan fingerprint density at radius 1 is 1.53 bits per heavy atom. The van der Waals surface area contributed by atoms with Crippen molar-refractivity contribution in [1.82, 2.24) is 10.7 Å². The highest BCUT2D eigenvalue weighted by Crippen LogP contribution is 2.14. The van der Waals surface area contributed by atoms with E-state index in [9.17, 15) is 9.59 Å². The van der Waals surface area contributed by atoms with Crippen LogP contribution in [0.4, 0.5) is 0 Å². The fourth-order valence-corrected chi connectivity index (χ4v) is 2.32. The van der Waals surface area contributed by atoms with Gasteiger partial charge >= 0.3 is 0 Å². The predicted octanol–water partition coefficient (Wildman–Crippen LogP) is 0.939. The molecule has 0 atom stereocenters. The highest BCUT2D eigenvalue weighted by atomic mass is 32.1. The van der Waals surface area contributed by atoms with Gasteiger partial charge in [-0.2, -0.15) is 5.10 Å². The average Bonchev–Trinajstić information content (AvgIpc) is 2.73.